The molecule has 0 atom stereocenters. The van der Waals surface area contributed by atoms with Crippen molar-refractivity contribution < 1.29 is 18.6 Å². The Kier molecular flexibility index (Phi) is 5.59. The Morgan fingerprint density at radius 3 is 2.48 bits per heavy atom. The lowest BCUT2D eigenvalue weighted by Gasteiger charge is -2.28. The van der Waals surface area contributed by atoms with Crippen molar-refractivity contribution in [1.82, 2.24) is 0 Å². The smallest absolute Gasteiger partial charge is 0.204 e. The molecule has 0 aliphatic heterocycles. The molecule has 0 unspecified atom stereocenters. The van der Waals surface area contributed by atoms with Gasteiger partial charge in [-0.05, 0) is 49.7 Å². The number of hydrogen-bond donors (Lipinski definition) is 1. The second kappa shape index (κ2) is 7.43. The van der Waals surface area contributed by atoms with Gasteiger partial charge >= 0.3 is 0 Å². The van der Waals surface area contributed by atoms with Gasteiger partial charge in [0, 0.05) is 0 Å². The highest BCUT2D eigenvalue weighted by atomic mass is 19.2. The fourth-order valence-electron chi connectivity index (χ4n) is 2.88. The second-order valence-electron chi connectivity index (χ2n) is 5.77. The summed E-state index contributed by atoms with van der Waals surface area (Å²) in [5.41, 5.74) is 0. The van der Waals surface area contributed by atoms with Crippen LogP contribution in [0, 0.1) is 23.5 Å². The molecule has 1 aromatic carbocycles. The zero-order valence-electron chi connectivity index (χ0n) is 12.2. The van der Waals surface area contributed by atoms with Crippen LogP contribution in [-0.4, -0.2) is 11.7 Å². The molecule has 0 aromatic heterocycles. The van der Waals surface area contributed by atoms with Crippen LogP contribution in [0.3, 0.4) is 0 Å². The van der Waals surface area contributed by atoms with Crippen LogP contribution in [0.4, 0.5) is 8.78 Å². The fourth-order valence-corrected chi connectivity index (χ4v) is 2.88. The second-order valence-corrected chi connectivity index (χ2v) is 5.77. The molecule has 0 amide bonds. The van der Waals surface area contributed by atoms with Gasteiger partial charge in [0.2, 0.25) is 11.6 Å². The fraction of sp³-hybridized carbons (Fsp3) is 0.529. The minimum Gasteiger partial charge on any atom is -0.505 e. The van der Waals surface area contributed by atoms with Crippen molar-refractivity contribution in [1.29, 1.82) is 0 Å². The number of phenolic OH excluding ortho intramolecular Hbond substituents is 1. The van der Waals surface area contributed by atoms with E-state index in [9.17, 15) is 8.78 Å². The molecule has 1 aliphatic rings. The average Bonchev–Trinajstić information content (AvgIpc) is 2.51. The number of phenols is 1. The van der Waals surface area contributed by atoms with Crippen molar-refractivity contribution in [3.63, 3.8) is 0 Å². The van der Waals surface area contributed by atoms with E-state index in [1.54, 1.807) is 0 Å². The molecule has 116 valence electrons. The minimum atomic E-state index is -1.25. The first-order valence-corrected chi connectivity index (χ1v) is 7.52. The van der Waals surface area contributed by atoms with E-state index >= 15 is 0 Å². The van der Waals surface area contributed by atoms with Crippen molar-refractivity contribution in [2.45, 2.75) is 38.5 Å². The van der Waals surface area contributed by atoms with E-state index in [0.29, 0.717) is 12.5 Å². The predicted octanol–water partition coefficient (Wildman–Crippen LogP) is 4.82. The molecule has 2 nitrogen and oxygen atoms in total. The molecule has 1 N–H and O–H groups in total. The van der Waals surface area contributed by atoms with Crippen LogP contribution >= 0.6 is 0 Å². The van der Waals surface area contributed by atoms with Gasteiger partial charge in [-0.1, -0.05) is 18.9 Å². The van der Waals surface area contributed by atoms with Crippen LogP contribution in [0.1, 0.15) is 38.5 Å². The summed E-state index contributed by atoms with van der Waals surface area (Å²) in [6, 6.07) is 2.38. The first-order valence-electron chi connectivity index (χ1n) is 7.52. The lowest BCUT2D eigenvalue weighted by molar-refractivity contribution is 0.173. The molecule has 2 rings (SSSR count). The molecule has 0 saturated heterocycles. The monoisotopic (exact) mass is 296 g/mol. The highest BCUT2D eigenvalue weighted by Gasteiger charge is 2.22. The molecule has 21 heavy (non-hydrogen) atoms. The molecule has 4 heteroatoms. The Morgan fingerprint density at radius 1 is 1.14 bits per heavy atom. The third-order valence-corrected chi connectivity index (χ3v) is 4.25. The molecule has 1 aliphatic carbocycles. The van der Waals surface area contributed by atoms with Crippen LogP contribution in [0.25, 0.3) is 0 Å². The molecular weight excluding hydrogens is 274 g/mol. The number of halogens is 2. The van der Waals surface area contributed by atoms with E-state index in [4.69, 9.17) is 9.84 Å². The van der Waals surface area contributed by atoms with Gasteiger partial charge in [-0.2, -0.15) is 8.78 Å². The number of allylic oxidation sites excluding steroid dienone is 1. The first-order chi connectivity index (χ1) is 10.1. The normalized spacial score (nSPS) is 22.0. The van der Waals surface area contributed by atoms with Crippen LogP contribution in [0.15, 0.2) is 24.8 Å². The Morgan fingerprint density at radius 2 is 1.81 bits per heavy atom. The van der Waals surface area contributed by atoms with E-state index in [1.165, 1.54) is 12.5 Å². The maximum absolute atomic E-state index is 13.5. The van der Waals surface area contributed by atoms with E-state index in [2.05, 4.69) is 6.58 Å². The highest BCUT2D eigenvalue weighted by molar-refractivity contribution is 5.33. The van der Waals surface area contributed by atoms with Crippen LogP contribution in [-0.2, 0) is 0 Å². The molecule has 0 radical (unpaired) electrons. The Labute approximate surface area is 124 Å². The minimum absolute atomic E-state index is 0.126. The summed E-state index contributed by atoms with van der Waals surface area (Å²) in [7, 11) is 0. The number of aromatic hydroxyl groups is 1. The van der Waals surface area contributed by atoms with Crippen LogP contribution in [0.5, 0.6) is 11.5 Å². The largest absolute Gasteiger partial charge is 0.505 e. The van der Waals surface area contributed by atoms with Crippen molar-refractivity contribution in [2.75, 3.05) is 6.61 Å². The van der Waals surface area contributed by atoms with E-state index < -0.39 is 17.4 Å². The van der Waals surface area contributed by atoms with Crippen molar-refractivity contribution in [3.05, 3.63) is 36.4 Å². The SMILES string of the molecule is C=CCC[C@H]1CC[C@H](COc2ccc(O)c(F)c2F)CC1. The van der Waals surface area contributed by atoms with Gasteiger partial charge in [-0.15, -0.1) is 6.58 Å². The van der Waals surface area contributed by atoms with Gasteiger partial charge in [0.1, 0.15) is 0 Å². The molecule has 1 fully saturated rings. The number of rotatable bonds is 6. The van der Waals surface area contributed by atoms with Crippen LogP contribution < -0.4 is 4.74 Å². The summed E-state index contributed by atoms with van der Waals surface area (Å²) in [5.74, 6) is -2.04. The zero-order valence-corrected chi connectivity index (χ0v) is 12.2. The summed E-state index contributed by atoms with van der Waals surface area (Å²) in [6.07, 6.45) is 8.65. The standard InChI is InChI=1S/C17H22F2O2/c1-2-3-4-12-5-7-13(8-6-12)11-21-15-10-9-14(20)16(18)17(15)19/h2,9-10,12-13,20H,1,3-8,11H2/t12-,13-. The van der Waals surface area contributed by atoms with Crippen molar-refractivity contribution >= 4 is 0 Å². The summed E-state index contributed by atoms with van der Waals surface area (Å²) < 4.78 is 32.1. The van der Waals surface area contributed by atoms with Crippen LogP contribution in [0.2, 0.25) is 0 Å². The third-order valence-electron chi connectivity index (χ3n) is 4.25. The quantitative estimate of drug-likeness (QED) is 0.762. The van der Waals surface area contributed by atoms with Gasteiger partial charge in [-0.25, -0.2) is 0 Å². The van der Waals surface area contributed by atoms with Gasteiger partial charge < -0.3 is 9.84 Å². The Balaban J connectivity index is 1.80. The molecular formula is C17H22F2O2. The molecule has 0 spiro atoms. The number of hydrogen-bond acceptors (Lipinski definition) is 2. The lowest BCUT2D eigenvalue weighted by Crippen LogP contribution is -2.20. The maximum atomic E-state index is 13.5. The average molecular weight is 296 g/mol. The van der Waals surface area contributed by atoms with E-state index in [-0.39, 0.29) is 5.75 Å². The summed E-state index contributed by atoms with van der Waals surface area (Å²) in [5, 5.41) is 9.06. The van der Waals surface area contributed by atoms with E-state index in [0.717, 1.165) is 44.1 Å². The molecule has 0 bridgehead atoms. The Bertz CT molecular complexity index is 480. The number of ether oxygens (including phenoxy) is 1. The van der Waals surface area contributed by atoms with Crippen molar-refractivity contribution in [3.8, 4) is 11.5 Å². The Hall–Kier alpha value is -1.58. The summed E-state index contributed by atoms with van der Waals surface area (Å²) >= 11 is 0. The summed E-state index contributed by atoms with van der Waals surface area (Å²) in [6.45, 7) is 4.14. The maximum Gasteiger partial charge on any atom is 0.204 e. The van der Waals surface area contributed by atoms with Gasteiger partial charge in [0.25, 0.3) is 0 Å². The zero-order chi connectivity index (χ0) is 15.2. The third kappa shape index (κ3) is 4.19. The molecule has 1 saturated carbocycles. The lowest BCUT2D eigenvalue weighted by atomic mass is 9.80. The molecule has 1 aromatic rings. The first kappa shape index (κ1) is 15.8. The summed E-state index contributed by atoms with van der Waals surface area (Å²) in [4.78, 5) is 0. The van der Waals surface area contributed by atoms with Gasteiger partial charge in [0.05, 0.1) is 6.61 Å². The highest BCUT2D eigenvalue weighted by Crippen LogP contribution is 2.33. The van der Waals surface area contributed by atoms with E-state index in [1.807, 2.05) is 6.08 Å². The predicted molar refractivity (Wildman–Crippen MR) is 78.4 cm³/mol. The van der Waals surface area contributed by atoms with Gasteiger partial charge in [-0.3, -0.25) is 0 Å². The molecule has 0 heterocycles. The van der Waals surface area contributed by atoms with Gasteiger partial charge in [0.15, 0.2) is 11.5 Å². The van der Waals surface area contributed by atoms with Crippen molar-refractivity contribution in [2.24, 2.45) is 11.8 Å². The number of benzene rings is 1. The topological polar surface area (TPSA) is 29.5 Å².